The van der Waals surface area contributed by atoms with E-state index < -0.39 is 5.82 Å². The van der Waals surface area contributed by atoms with E-state index in [-0.39, 0.29) is 18.8 Å². The normalized spacial score (nSPS) is 15.9. The van der Waals surface area contributed by atoms with Crippen molar-refractivity contribution < 1.29 is 13.9 Å². The summed E-state index contributed by atoms with van der Waals surface area (Å²) in [6, 6.07) is 4.13. The molecular formula is C16H13FN4O3. The molecule has 1 aromatic carbocycles. The third-order valence-corrected chi connectivity index (χ3v) is 3.59. The predicted octanol–water partition coefficient (Wildman–Crippen LogP) is 1.71. The van der Waals surface area contributed by atoms with Crippen molar-refractivity contribution in [2.75, 3.05) is 13.2 Å². The van der Waals surface area contributed by atoms with E-state index in [4.69, 9.17) is 9.47 Å². The van der Waals surface area contributed by atoms with Gasteiger partial charge in [0, 0.05) is 6.07 Å². The molecule has 0 unspecified atom stereocenters. The molecule has 1 aliphatic rings. The largest absolute Gasteiger partial charge is 0.487 e. The number of aromatic nitrogens is 4. The van der Waals surface area contributed by atoms with Crippen LogP contribution in [-0.4, -0.2) is 33.0 Å². The fraction of sp³-hybridized carbons (Fsp3) is 0.188. The van der Waals surface area contributed by atoms with Crippen molar-refractivity contribution in [2.45, 2.75) is 6.61 Å². The average Bonchev–Trinajstić information content (AvgIpc) is 2.98. The van der Waals surface area contributed by atoms with Gasteiger partial charge in [0.15, 0.2) is 5.65 Å². The first-order valence-corrected chi connectivity index (χ1v) is 7.35. The number of ether oxygens (including phenoxy) is 2. The molecule has 4 rings (SSSR count). The van der Waals surface area contributed by atoms with Crippen LogP contribution in [0.1, 0.15) is 5.82 Å². The Morgan fingerprint density at radius 2 is 2.12 bits per heavy atom. The molecule has 3 aromatic rings. The lowest BCUT2D eigenvalue weighted by molar-refractivity contribution is 0.142. The smallest absolute Gasteiger partial charge is 0.262 e. The van der Waals surface area contributed by atoms with Crippen LogP contribution in [0, 0.1) is 5.82 Å². The molecule has 1 N–H and O–H groups in total. The summed E-state index contributed by atoms with van der Waals surface area (Å²) in [5, 5.41) is 4.55. The average molecular weight is 328 g/mol. The SMILES string of the molecule is O=c1[nH]c2nc3c1cnn3-c1ccc(F)cc1OC/C=C/COC2. The van der Waals surface area contributed by atoms with Gasteiger partial charge in [-0.1, -0.05) is 6.08 Å². The molecule has 0 aliphatic carbocycles. The highest BCUT2D eigenvalue weighted by Crippen LogP contribution is 2.26. The summed E-state index contributed by atoms with van der Waals surface area (Å²) >= 11 is 0. The first-order chi connectivity index (χ1) is 11.7. The molecule has 0 atom stereocenters. The van der Waals surface area contributed by atoms with E-state index in [1.807, 2.05) is 0 Å². The van der Waals surface area contributed by atoms with Crippen LogP contribution >= 0.6 is 0 Å². The molecule has 0 radical (unpaired) electrons. The summed E-state index contributed by atoms with van der Waals surface area (Å²) in [6.07, 6.45) is 4.98. The summed E-state index contributed by atoms with van der Waals surface area (Å²) in [5.41, 5.74) is 0.560. The summed E-state index contributed by atoms with van der Waals surface area (Å²) in [6.45, 7) is 0.770. The molecule has 0 saturated heterocycles. The van der Waals surface area contributed by atoms with Crippen LogP contribution < -0.4 is 10.3 Å². The molecule has 1 aliphatic heterocycles. The van der Waals surface area contributed by atoms with Crippen LogP contribution in [0.25, 0.3) is 16.7 Å². The quantitative estimate of drug-likeness (QED) is 0.635. The Morgan fingerprint density at radius 3 is 3.04 bits per heavy atom. The van der Waals surface area contributed by atoms with Crippen LogP contribution in [0.3, 0.4) is 0 Å². The first-order valence-electron chi connectivity index (χ1n) is 7.35. The van der Waals surface area contributed by atoms with Gasteiger partial charge >= 0.3 is 0 Å². The van der Waals surface area contributed by atoms with Gasteiger partial charge in [-0.15, -0.1) is 0 Å². The molecule has 24 heavy (non-hydrogen) atoms. The number of nitrogens with zero attached hydrogens (tertiary/aromatic N) is 3. The Bertz CT molecular complexity index is 993. The summed E-state index contributed by atoms with van der Waals surface area (Å²) in [7, 11) is 0. The van der Waals surface area contributed by atoms with Crippen LogP contribution in [0.5, 0.6) is 5.75 Å². The molecule has 8 heteroatoms. The van der Waals surface area contributed by atoms with Gasteiger partial charge in [0.25, 0.3) is 5.56 Å². The molecule has 7 nitrogen and oxygen atoms in total. The molecule has 0 saturated carbocycles. The Balaban J connectivity index is 1.97. The minimum absolute atomic E-state index is 0.165. The van der Waals surface area contributed by atoms with Crippen LogP contribution in [-0.2, 0) is 11.3 Å². The van der Waals surface area contributed by atoms with Crippen molar-refractivity contribution in [2.24, 2.45) is 0 Å². The van der Waals surface area contributed by atoms with Crippen molar-refractivity contribution in [1.82, 2.24) is 19.7 Å². The lowest BCUT2D eigenvalue weighted by atomic mass is 10.3. The highest BCUT2D eigenvalue weighted by Gasteiger charge is 2.15. The molecule has 2 bridgehead atoms. The van der Waals surface area contributed by atoms with Gasteiger partial charge in [0.1, 0.15) is 41.7 Å². The molecule has 0 fully saturated rings. The van der Waals surface area contributed by atoms with Crippen molar-refractivity contribution in [3.63, 3.8) is 0 Å². The summed E-state index contributed by atoms with van der Waals surface area (Å²) in [4.78, 5) is 19.3. The highest BCUT2D eigenvalue weighted by molar-refractivity contribution is 5.75. The maximum atomic E-state index is 13.6. The number of benzene rings is 1. The third kappa shape index (κ3) is 2.56. The zero-order valence-corrected chi connectivity index (χ0v) is 12.5. The van der Waals surface area contributed by atoms with E-state index in [9.17, 15) is 9.18 Å². The highest BCUT2D eigenvalue weighted by atomic mass is 19.1. The maximum absolute atomic E-state index is 13.6. The van der Waals surface area contributed by atoms with Crippen molar-refractivity contribution in [3.05, 3.63) is 58.5 Å². The van der Waals surface area contributed by atoms with Gasteiger partial charge in [-0.25, -0.2) is 14.1 Å². The standard InChI is InChI=1S/C16H13FN4O3/c17-10-3-4-12-13(7-10)24-6-2-1-5-23-9-14-19-15-11(16(22)20-14)8-18-21(12)15/h1-4,7-8H,5-6,9H2,(H,19,20,22)/b2-1+. The Labute approximate surface area is 135 Å². The molecular weight excluding hydrogens is 315 g/mol. The second-order valence-corrected chi connectivity index (χ2v) is 5.22. The molecule has 0 amide bonds. The van der Waals surface area contributed by atoms with Gasteiger partial charge in [0.05, 0.1) is 12.8 Å². The summed E-state index contributed by atoms with van der Waals surface area (Å²) in [5.74, 6) is 0.285. The third-order valence-electron chi connectivity index (χ3n) is 3.59. The molecule has 3 heterocycles. The van der Waals surface area contributed by atoms with Gasteiger partial charge in [-0.3, -0.25) is 4.79 Å². The summed E-state index contributed by atoms with van der Waals surface area (Å²) < 4.78 is 26.1. The number of fused-ring (bicyclic) bond motifs is 3. The first kappa shape index (κ1) is 14.6. The zero-order chi connectivity index (χ0) is 16.5. The second-order valence-electron chi connectivity index (χ2n) is 5.22. The van der Waals surface area contributed by atoms with Crippen molar-refractivity contribution in [1.29, 1.82) is 0 Å². The topological polar surface area (TPSA) is 82.0 Å². The van der Waals surface area contributed by atoms with E-state index in [1.165, 1.54) is 23.0 Å². The zero-order valence-electron chi connectivity index (χ0n) is 12.5. The number of rotatable bonds is 0. The van der Waals surface area contributed by atoms with E-state index in [2.05, 4.69) is 15.1 Å². The van der Waals surface area contributed by atoms with Crippen molar-refractivity contribution in [3.8, 4) is 11.4 Å². The second kappa shape index (κ2) is 5.89. The van der Waals surface area contributed by atoms with Crippen LogP contribution in [0.15, 0.2) is 41.3 Å². The molecule has 2 aromatic heterocycles. The van der Waals surface area contributed by atoms with E-state index >= 15 is 0 Å². The molecule has 122 valence electrons. The fourth-order valence-electron chi connectivity index (χ4n) is 2.48. The number of aromatic amines is 1. The number of nitrogens with one attached hydrogen (secondary N) is 1. The minimum Gasteiger partial charge on any atom is -0.487 e. The predicted molar refractivity (Wildman–Crippen MR) is 83.7 cm³/mol. The van der Waals surface area contributed by atoms with Crippen LogP contribution in [0.4, 0.5) is 4.39 Å². The number of halogens is 1. The van der Waals surface area contributed by atoms with Gasteiger partial charge in [-0.2, -0.15) is 5.10 Å². The van der Waals surface area contributed by atoms with Gasteiger partial charge in [0.2, 0.25) is 0 Å². The minimum atomic E-state index is -0.423. The monoisotopic (exact) mass is 328 g/mol. The Hall–Kier alpha value is -3.00. The molecule has 0 spiro atoms. The van der Waals surface area contributed by atoms with Crippen molar-refractivity contribution >= 4 is 11.0 Å². The van der Waals surface area contributed by atoms with Gasteiger partial charge < -0.3 is 14.5 Å². The number of H-pyrrole nitrogens is 1. The lowest BCUT2D eigenvalue weighted by Gasteiger charge is -2.11. The van der Waals surface area contributed by atoms with E-state index in [0.29, 0.717) is 34.9 Å². The van der Waals surface area contributed by atoms with Crippen LogP contribution in [0.2, 0.25) is 0 Å². The number of hydrogen-bond acceptors (Lipinski definition) is 5. The maximum Gasteiger partial charge on any atom is 0.262 e. The van der Waals surface area contributed by atoms with E-state index in [1.54, 1.807) is 18.2 Å². The Morgan fingerprint density at radius 1 is 1.25 bits per heavy atom. The lowest BCUT2D eigenvalue weighted by Crippen LogP contribution is -2.13. The van der Waals surface area contributed by atoms with Gasteiger partial charge in [-0.05, 0) is 18.2 Å². The fourth-order valence-corrected chi connectivity index (χ4v) is 2.48. The Kier molecular flexibility index (Phi) is 3.58. The van der Waals surface area contributed by atoms with E-state index in [0.717, 1.165) is 0 Å². The number of hydrogen-bond donors (Lipinski definition) is 1.